The Kier molecular flexibility index (Phi) is 3.89. The van der Waals surface area contributed by atoms with Crippen LogP contribution >= 0.6 is 0 Å². The van der Waals surface area contributed by atoms with E-state index in [1.165, 1.54) is 5.56 Å². The lowest BCUT2D eigenvalue weighted by atomic mass is 9.88. The normalized spacial score (nSPS) is 16.0. The maximum Gasteiger partial charge on any atom is 0.161 e. The summed E-state index contributed by atoms with van der Waals surface area (Å²) in [6.07, 6.45) is 0. The van der Waals surface area contributed by atoms with Crippen LogP contribution in [0.1, 0.15) is 25.3 Å². The van der Waals surface area contributed by atoms with Crippen LogP contribution in [0.15, 0.2) is 18.2 Å². The average Bonchev–Trinajstić information content (AvgIpc) is 2.35. The van der Waals surface area contributed by atoms with Crippen LogP contribution in [-0.4, -0.2) is 26.8 Å². The van der Waals surface area contributed by atoms with E-state index in [4.69, 9.17) is 9.47 Å². The zero-order chi connectivity index (χ0) is 12.3. The summed E-state index contributed by atoms with van der Waals surface area (Å²) in [5.74, 6) is 2.86. The maximum atomic E-state index is 5.63. The minimum absolute atomic E-state index is 0.510. The molecule has 0 amide bonds. The van der Waals surface area contributed by atoms with Crippen LogP contribution in [0.2, 0.25) is 0 Å². The standard InChI is InChI=1S/C14H21NO2/c1-10(2)12(9-15-3)11-4-5-13-14(8-11)17-7-6-16-13/h4-5,8,10,12,15H,6-7,9H2,1-3H3. The van der Waals surface area contributed by atoms with Crippen molar-refractivity contribution in [2.24, 2.45) is 5.92 Å². The lowest BCUT2D eigenvalue weighted by Crippen LogP contribution is -2.22. The molecule has 1 aliphatic heterocycles. The average molecular weight is 235 g/mol. The molecule has 1 heterocycles. The van der Waals surface area contributed by atoms with Crippen molar-refractivity contribution in [1.82, 2.24) is 5.32 Å². The molecule has 0 bridgehead atoms. The number of fused-ring (bicyclic) bond motifs is 1. The van der Waals surface area contributed by atoms with Crippen molar-refractivity contribution < 1.29 is 9.47 Å². The van der Waals surface area contributed by atoms with E-state index in [1.807, 2.05) is 13.1 Å². The Balaban J connectivity index is 2.25. The van der Waals surface area contributed by atoms with Gasteiger partial charge in [0, 0.05) is 6.54 Å². The summed E-state index contributed by atoms with van der Waals surface area (Å²) in [4.78, 5) is 0. The molecule has 1 N–H and O–H groups in total. The molecule has 0 radical (unpaired) electrons. The van der Waals surface area contributed by atoms with E-state index in [0.717, 1.165) is 18.0 Å². The molecule has 0 spiro atoms. The molecule has 0 saturated heterocycles. The molecule has 17 heavy (non-hydrogen) atoms. The van der Waals surface area contributed by atoms with Gasteiger partial charge in [-0.15, -0.1) is 0 Å². The number of hydrogen-bond donors (Lipinski definition) is 1. The second kappa shape index (κ2) is 5.41. The largest absolute Gasteiger partial charge is 0.486 e. The lowest BCUT2D eigenvalue weighted by Gasteiger charge is -2.24. The summed E-state index contributed by atoms with van der Waals surface area (Å²) in [7, 11) is 1.99. The second-order valence-corrected chi connectivity index (χ2v) is 4.81. The molecule has 1 atom stereocenters. The minimum atomic E-state index is 0.510. The zero-order valence-corrected chi connectivity index (χ0v) is 10.8. The maximum absolute atomic E-state index is 5.63. The quantitative estimate of drug-likeness (QED) is 0.869. The summed E-state index contributed by atoms with van der Waals surface area (Å²) >= 11 is 0. The van der Waals surface area contributed by atoms with Gasteiger partial charge in [-0.1, -0.05) is 19.9 Å². The van der Waals surface area contributed by atoms with Crippen LogP contribution in [0.3, 0.4) is 0 Å². The van der Waals surface area contributed by atoms with Crippen molar-refractivity contribution >= 4 is 0 Å². The van der Waals surface area contributed by atoms with Gasteiger partial charge in [-0.3, -0.25) is 0 Å². The fourth-order valence-corrected chi connectivity index (χ4v) is 2.25. The van der Waals surface area contributed by atoms with E-state index in [9.17, 15) is 0 Å². The second-order valence-electron chi connectivity index (χ2n) is 4.81. The van der Waals surface area contributed by atoms with Crippen molar-refractivity contribution in [1.29, 1.82) is 0 Å². The van der Waals surface area contributed by atoms with E-state index in [2.05, 4.69) is 31.3 Å². The van der Waals surface area contributed by atoms with E-state index >= 15 is 0 Å². The van der Waals surface area contributed by atoms with Crippen molar-refractivity contribution in [3.63, 3.8) is 0 Å². The molecule has 1 unspecified atom stereocenters. The SMILES string of the molecule is CNCC(c1ccc2c(c1)OCCO2)C(C)C. The smallest absolute Gasteiger partial charge is 0.161 e. The van der Waals surface area contributed by atoms with E-state index in [-0.39, 0.29) is 0 Å². The molecule has 1 aliphatic rings. The molecule has 0 saturated carbocycles. The number of likely N-dealkylation sites (N-methyl/N-ethyl adjacent to an activating group) is 1. The number of rotatable bonds is 4. The summed E-state index contributed by atoms with van der Waals surface area (Å²) in [6.45, 7) is 6.78. The van der Waals surface area contributed by atoms with Crippen molar-refractivity contribution in [2.45, 2.75) is 19.8 Å². The van der Waals surface area contributed by atoms with Gasteiger partial charge in [-0.25, -0.2) is 0 Å². The Labute approximate surface area is 103 Å². The molecular weight excluding hydrogens is 214 g/mol. The highest BCUT2D eigenvalue weighted by Crippen LogP contribution is 2.34. The molecule has 2 rings (SSSR count). The lowest BCUT2D eigenvalue weighted by molar-refractivity contribution is 0.171. The fraction of sp³-hybridized carbons (Fsp3) is 0.571. The van der Waals surface area contributed by atoms with Crippen molar-refractivity contribution in [3.8, 4) is 11.5 Å². The molecule has 94 valence electrons. The molecule has 0 fully saturated rings. The number of nitrogens with one attached hydrogen (secondary N) is 1. The minimum Gasteiger partial charge on any atom is -0.486 e. The fourth-order valence-electron chi connectivity index (χ4n) is 2.25. The molecule has 3 heteroatoms. The van der Waals surface area contributed by atoms with Gasteiger partial charge in [0.1, 0.15) is 13.2 Å². The Bertz CT molecular complexity index is 376. The predicted molar refractivity (Wildman–Crippen MR) is 68.9 cm³/mol. The number of ether oxygens (including phenoxy) is 2. The van der Waals surface area contributed by atoms with Gasteiger partial charge in [-0.2, -0.15) is 0 Å². The third-order valence-electron chi connectivity index (χ3n) is 3.22. The van der Waals surface area contributed by atoms with Crippen LogP contribution in [0.4, 0.5) is 0 Å². The summed E-state index contributed by atoms with van der Waals surface area (Å²) < 4.78 is 11.2. The van der Waals surface area contributed by atoms with E-state index in [1.54, 1.807) is 0 Å². The molecule has 0 aliphatic carbocycles. The number of hydrogen-bond acceptors (Lipinski definition) is 3. The van der Waals surface area contributed by atoms with Crippen LogP contribution in [0.5, 0.6) is 11.5 Å². The van der Waals surface area contributed by atoms with Crippen LogP contribution < -0.4 is 14.8 Å². The first-order chi connectivity index (χ1) is 8.22. The first-order valence-electron chi connectivity index (χ1n) is 6.26. The van der Waals surface area contributed by atoms with Gasteiger partial charge >= 0.3 is 0 Å². The molecule has 0 aromatic heterocycles. The highest BCUT2D eigenvalue weighted by atomic mass is 16.6. The van der Waals surface area contributed by atoms with Crippen LogP contribution in [0, 0.1) is 5.92 Å². The summed E-state index contributed by atoms with van der Waals surface area (Å²) in [6, 6.07) is 6.29. The summed E-state index contributed by atoms with van der Waals surface area (Å²) in [5.41, 5.74) is 1.32. The van der Waals surface area contributed by atoms with Gasteiger partial charge < -0.3 is 14.8 Å². The van der Waals surface area contributed by atoms with Gasteiger partial charge in [-0.05, 0) is 36.6 Å². The van der Waals surface area contributed by atoms with Crippen molar-refractivity contribution in [3.05, 3.63) is 23.8 Å². The van der Waals surface area contributed by atoms with Gasteiger partial charge in [0.15, 0.2) is 11.5 Å². The van der Waals surface area contributed by atoms with Crippen LogP contribution in [0.25, 0.3) is 0 Å². The van der Waals surface area contributed by atoms with Gasteiger partial charge in [0.05, 0.1) is 0 Å². The van der Waals surface area contributed by atoms with E-state index in [0.29, 0.717) is 25.0 Å². The third-order valence-corrected chi connectivity index (χ3v) is 3.22. The Morgan fingerprint density at radius 1 is 1.18 bits per heavy atom. The summed E-state index contributed by atoms with van der Waals surface area (Å²) in [5, 5.41) is 3.26. The third kappa shape index (κ3) is 2.72. The Morgan fingerprint density at radius 2 is 1.88 bits per heavy atom. The monoisotopic (exact) mass is 235 g/mol. The zero-order valence-electron chi connectivity index (χ0n) is 10.8. The number of benzene rings is 1. The Morgan fingerprint density at radius 3 is 2.53 bits per heavy atom. The molecule has 1 aromatic carbocycles. The van der Waals surface area contributed by atoms with Gasteiger partial charge in [0.25, 0.3) is 0 Å². The van der Waals surface area contributed by atoms with E-state index < -0.39 is 0 Å². The molecular formula is C14H21NO2. The van der Waals surface area contributed by atoms with Gasteiger partial charge in [0.2, 0.25) is 0 Å². The van der Waals surface area contributed by atoms with Crippen LogP contribution in [-0.2, 0) is 0 Å². The molecule has 3 nitrogen and oxygen atoms in total. The highest BCUT2D eigenvalue weighted by molar-refractivity contribution is 5.45. The first kappa shape index (κ1) is 12.2. The van der Waals surface area contributed by atoms with Crippen molar-refractivity contribution in [2.75, 3.05) is 26.8 Å². The Hall–Kier alpha value is -1.22. The topological polar surface area (TPSA) is 30.5 Å². The molecule has 1 aromatic rings. The highest BCUT2D eigenvalue weighted by Gasteiger charge is 2.18. The first-order valence-corrected chi connectivity index (χ1v) is 6.26. The predicted octanol–water partition coefficient (Wildman–Crippen LogP) is 2.42.